The number of aromatic nitrogens is 1. The molecule has 2 aromatic carbocycles. The summed E-state index contributed by atoms with van der Waals surface area (Å²) < 4.78 is 10.7. The van der Waals surface area contributed by atoms with E-state index in [1.807, 2.05) is 36.4 Å². The van der Waals surface area contributed by atoms with Gasteiger partial charge in [0.05, 0.1) is 43.4 Å². The molecule has 3 amide bonds. The normalized spacial score (nSPS) is 17.3. The van der Waals surface area contributed by atoms with Gasteiger partial charge in [0.15, 0.2) is 0 Å². The zero-order valence-electron chi connectivity index (χ0n) is 18.8. The number of hydrogen-bond acceptors (Lipinski definition) is 7. The Balaban J connectivity index is 1.20. The zero-order valence-corrected chi connectivity index (χ0v) is 19.6. The summed E-state index contributed by atoms with van der Waals surface area (Å²) in [4.78, 5) is 43.3. The first-order chi connectivity index (χ1) is 17.0. The lowest BCUT2D eigenvalue weighted by atomic mass is 10.1. The number of benzene rings is 2. The van der Waals surface area contributed by atoms with Crippen LogP contribution in [0.25, 0.3) is 17.0 Å². The third-order valence-electron chi connectivity index (χ3n) is 5.67. The molecule has 35 heavy (non-hydrogen) atoms. The van der Waals surface area contributed by atoms with Crippen molar-refractivity contribution in [2.75, 3.05) is 36.2 Å². The smallest absolute Gasteiger partial charge is 0.414 e. The van der Waals surface area contributed by atoms with Gasteiger partial charge in [0.1, 0.15) is 11.9 Å². The lowest BCUT2D eigenvalue weighted by Gasteiger charge is -2.19. The van der Waals surface area contributed by atoms with Crippen molar-refractivity contribution in [1.29, 1.82) is 0 Å². The van der Waals surface area contributed by atoms with Crippen molar-refractivity contribution in [3.05, 3.63) is 60.3 Å². The lowest BCUT2D eigenvalue weighted by Crippen LogP contribution is -2.33. The number of nitrogens with one attached hydrogen (secondary N) is 2. The Morgan fingerprint density at radius 3 is 3.06 bits per heavy atom. The first-order valence-corrected chi connectivity index (χ1v) is 11.9. The number of anilines is 2. The van der Waals surface area contributed by atoms with Crippen LogP contribution in [0.1, 0.15) is 5.56 Å². The van der Waals surface area contributed by atoms with E-state index < -0.39 is 12.2 Å². The van der Waals surface area contributed by atoms with Gasteiger partial charge < -0.3 is 20.1 Å². The molecule has 5 rings (SSSR count). The van der Waals surface area contributed by atoms with Crippen LogP contribution in [-0.4, -0.2) is 54.9 Å². The van der Waals surface area contributed by atoms with E-state index in [-0.39, 0.29) is 24.9 Å². The number of ether oxygens (including phenoxy) is 2. The fraction of sp³-hybridized carbons (Fsp3) is 0.200. The highest BCUT2D eigenvalue weighted by atomic mass is 32.2. The zero-order chi connectivity index (χ0) is 24.4. The molecule has 1 saturated heterocycles. The SMILES string of the molecule is COc1cnc2cccc(C=CC(=O)NC[C@@H]3CN(c4ccc5c(c4)NC(=O)CS5)C(=O)O3)c2c1. The molecule has 10 heteroatoms. The van der Waals surface area contributed by atoms with Gasteiger partial charge in [0.25, 0.3) is 0 Å². The molecule has 0 bridgehead atoms. The number of thioether (sulfide) groups is 1. The first-order valence-electron chi connectivity index (χ1n) is 10.9. The minimum absolute atomic E-state index is 0.0730. The fourth-order valence-corrected chi connectivity index (χ4v) is 4.71. The molecule has 0 unspecified atom stereocenters. The van der Waals surface area contributed by atoms with Gasteiger partial charge in [-0.25, -0.2) is 4.79 Å². The van der Waals surface area contributed by atoms with Crippen LogP contribution in [0.4, 0.5) is 16.2 Å². The molecule has 2 aliphatic heterocycles. The minimum Gasteiger partial charge on any atom is -0.495 e. The topological polar surface area (TPSA) is 110 Å². The van der Waals surface area contributed by atoms with Crippen molar-refractivity contribution < 1.29 is 23.9 Å². The minimum atomic E-state index is -0.495. The molecule has 2 aliphatic rings. The fourth-order valence-electron chi connectivity index (χ4n) is 3.93. The van der Waals surface area contributed by atoms with Gasteiger partial charge in [-0.2, -0.15) is 0 Å². The lowest BCUT2D eigenvalue weighted by molar-refractivity contribution is -0.117. The van der Waals surface area contributed by atoms with Gasteiger partial charge >= 0.3 is 6.09 Å². The number of amides is 3. The van der Waals surface area contributed by atoms with Gasteiger partial charge in [-0.05, 0) is 42.0 Å². The number of rotatable bonds is 6. The van der Waals surface area contributed by atoms with E-state index >= 15 is 0 Å². The van der Waals surface area contributed by atoms with Crippen LogP contribution in [0, 0.1) is 0 Å². The Hall–Kier alpha value is -4.05. The molecule has 1 atom stereocenters. The van der Waals surface area contributed by atoms with Crippen LogP contribution in [-0.2, 0) is 14.3 Å². The van der Waals surface area contributed by atoms with E-state index in [2.05, 4.69) is 15.6 Å². The number of carbonyl (C=O) groups excluding carboxylic acids is 3. The van der Waals surface area contributed by atoms with Crippen molar-refractivity contribution in [1.82, 2.24) is 10.3 Å². The molecule has 1 aromatic heterocycles. The number of cyclic esters (lactones) is 1. The van der Waals surface area contributed by atoms with Gasteiger partial charge in [-0.15, -0.1) is 11.8 Å². The molecule has 2 N–H and O–H groups in total. The summed E-state index contributed by atoms with van der Waals surface area (Å²) in [5.74, 6) is 0.632. The number of fused-ring (bicyclic) bond motifs is 2. The van der Waals surface area contributed by atoms with E-state index in [1.54, 1.807) is 25.4 Å². The number of pyridine rings is 1. The maximum Gasteiger partial charge on any atom is 0.414 e. The number of nitrogens with zero attached hydrogens (tertiary/aromatic N) is 2. The molecule has 0 radical (unpaired) electrons. The summed E-state index contributed by atoms with van der Waals surface area (Å²) in [5.41, 5.74) is 2.94. The van der Waals surface area contributed by atoms with E-state index in [9.17, 15) is 14.4 Å². The predicted octanol–water partition coefficient (Wildman–Crippen LogP) is 3.44. The monoisotopic (exact) mass is 490 g/mol. The first kappa shape index (κ1) is 22.7. The average Bonchev–Trinajstić information content (AvgIpc) is 3.25. The van der Waals surface area contributed by atoms with Crippen LogP contribution in [0.5, 0.6) is 5.75 Å². The summed E-state index contributed by atoms with van der Waals surface area (Å²) in [6, 6.07) is 13.0. The molecule has 0 saturated carbocycles. The largest absolute Gasteiger partial charge is 0.495 e. The number of methoxy groups -OCH3 is 1. The standard InChI is InChI=1S/C25H22N4O5S/c1-33-17-10-19-15(3-2-4-20(19)26-11-17)5-8-23(30)27-12-18-13-29(25(32)34-18)16-6-7-22-21(9-16)28-24(31)14-35-22/h2-11,18H,12-14H2,1H3,(H,27,30)(H,28,31)/t18-/m1/s1. The quantitative estimate of drug-likeness (QED) is 0.510. The third kappa shape index (κ3) is 4.92. The number of carbonyl (C=O) groups is 3. The Kier molecular flexibility index (Phi) is 6.28. The molecule has 3 aromatic rings. The van der Waals surface area contributed by atoms with Crippen LogP contribution in [0.3, 0.4) is 0 Å². The molecular weight excluding hydrogens is 468 g/mol. The second-order valence-electron chi connectivity index (χ2n) is 8.00. The highest BCUT2D eigenvalue weighted by molar-refractivity contribution is 8.00. The van der Waals surface area contributed by atoms with Crippen LogP contribution in [0.2, 0.25) is 0 Å². The van der Waals surface area contributed by atoms with Crippen molar-refractivity contribution in [3.63, 3.8) is 0 Å². The van der Waals surface area contributed by atoms with Crippen LogP contribution >= 0.6 is 11.8 Å². The maximum atomic E-state index is 12.4. The summed E-state index contributed by atoms with van der Waals surface area (Å²) in [6.07, 6.45) is 3.81. The Morgan fingerprint density at radius 2 is 2.20 bits per heavy atom. The van der Waals surface area contributed by atoms with Gasteiger partial charge in [0, 0.05) is 22.0 Å². The molecule has 1 fully saturated rings. The molecule has 0 aliphatic carbocycles. The highest BCUT2D eigenvalue weighted by Gasteiger charge is 2.33. The van der Waals surface area contributed by atoms with Crippen molar-refractivity contribution in [2.24, 2.45) is 0 Å². The second-order valence-corrected chi connectivity index (χ2v) is 9.02. The Labute approximate surface area is 205 Å². The predicted molar refractivity (Wildman–Crippen MR) is 134 cm³/mol. The highest BCUT2D eigenvalue weighted by Crippen LogP contribution is 2.35. The number of hydrogen-bond donors (Lipinski definition) is 2. The summed E-state index contributed by atoms with van der Waals surface area (Å²) in [6.45, 7) is 0.464. The molecular formula is C25H22N4O5S. The van der Waals surface area contributed by atoms with Crippen LogP contribution < -0.4 is 20.3 Å². The maximum absolute atomic E-state index is 12.4. The molecule has 0 spiro atoms. The Bertz CT molecular complexity index is 1360. The van der Waals surface area contributed by atoms with E-state index in [0.717, 1.165) is 21.4 Å². The van der Waals surface area contributed by atoms with Crippen LogP contribution in [0.15, 0.2) is 59.6 Å². The molecule has 3 heterocycles. The van der Waals surface area contributed by atoms with Crippen molar-refractivity contribution in [3.8, 4) is 5.75 Å². The third-order valence-corrected chi connectivity index (χ3v) is 6.74. The van der Waals surface area contributed by atoms with E-state index in [4.69, 9.17) is 9.47 Å². The summed E-state index contributed by atoms with van der Waals surface area (Å²) in [7, 11) is 1.58. The van der Waals surface area contributed by atoms with Crippen molar-refractivity contribution >= 4 is 58.0 Å². The van der Waals surface area contributed by atoms with E-state index in [0.29, 0.717) is 22.9 Å². The summed E-state index contributed by atoms with van der Waals surface area (Å²) >= 11 is 1.46. The van der Waals surface area contributed by atoms with Crippen molar-refractivity contribution in [2.45, 2.75) is 11.0 Å². The Morgan fingerprint density at radius 1 is 1.31 bits per heavy atom. The average molecular weight is 491 g/mol. The second kappa shape index (κ2) is 9.67. The van der Waals surface area contributed by atoms with Gasteiger partial charge in [0.2, 0.25) is 11.8 Å². The molecule has 9 nitrogen and oxygen atoms in total. The summed E-state index contributed by atoms with van der Waals surface area (Å²) in [5, 5.41) is 6.48. The van der Waals surface area contributed by atoms with Gasteiger partial charge in [-0.1, -0.05) is 12.1 Å². The van der Waals surface area contributed by atoms with Gasteiger partial charge in [-0.3, -0.25) is 19.5 Å². The molecule has 178 valence electrons. The van der Waals surface area contributed by atoms with E-state index in [1.165, 1.54) is 22.7 Å².